The molecule has 146 valence electrons. The Hall–Kier alpha value is -2.85. The van der Waals surface area contributed by atoms with Gasteiger partial charge in [-0.05, 0) is 12.0 Å². The van der Waals surface area contributed by atoms with Crippen molar-refractivity contribution >= 4 is 23.0 Å². The van der Waals surface area contributed by atoms with Crippen LogP contribution in [0.25, 0.3) is 11.2 Å². The fourth-order valence-corrected chi connectivity index (χ4v) is 3.42. The van der Waals surface area contributed by atoms with Gasteiger partial charge in [0.05, 0.1) is 11.7 Å². The summed E-state index contributed by atoms with van der Waals surface area (Å²) in [6.45, 7) is 0.915. The summed E-state index contributed by atoms with van der Waals surface area (Å²) in [7, 11) is 0. The van der Waals surface area contributed by atoms with Crippen LogP contribution < -0.4 is 10.8 Å². The molecule has 8 nitrogen and oxygen atoms in total. The number of alkyl halides is 3. The molecule has 3 heterocycles. The first kappa shape index (κ1) is 18.9. The minimum absolute atomic E-state index is 0.0296. The maximum atomic E-state index is 12.3. The molecular weight excluding hydrogens is 363 g/mol. The van der Waals surface area contributed by atoms with E-state index in [1.54, 1.807) is 12.3 Å². The number of amides is 2. The van der Waals surface area contributed by atoms with Gasteiger partial charge in [0.1, 0.15) is 17.9 Å². The zero-order chi connectivity index (χ0) is 19.8. The van der Waals surface area contributed by atoms with Crippen molar-refractivity contribution < 1.29 is 18.0 Å². The monoisotopic (exact) mass is 383 g/mol. The quantitative estimate of drug-likeness (QED) is 0.479. The van der Waals surface area contributed by atoms with Crippen molar-refractivity contribution in [2.75, 3.05) is 19.6 Å². The number of carbonyl (C=O) groups is 1. The molecular formula is C16H20F3N7O. The Bertz CT molecular complexity index is 917. The molecule has 2 aromatic rings. The van der Waals surface area contributed by atoms with Gasteiger partial charge in [-0.15, -0.1) is 0 Å². The molecule has 27 heavy (non-hydrogen) atoms. The van der Waals surface area contributed by atoms with Gasteiger partial charge in [-0.2, -0.15) is 13.2 Å². The summed E-state index contributed by atoms with van der Waals surface area (Å²) in [4.78, 5) is 20.4. The van der Waals surface area contributed by atoms with Crippen molar-refractivity contribution in [2.45, 2.75) is 19.5 Å². The Morgan fingerprint density at radius 2 is 2.19 bits per heavy atom. The van der Waals surface area contributed by atoms with E-state index in [9.17, 15) is 18.0 Å². The number of nitrogens with zero attached hydrogens (tertiary/aromatic N) is 3. The van der Waals surface area contributed by atoms with Gasteiger partial charge in [0, 0.05) is 25.2 Å². The highest BCUT2D eigenvalue weighted by Gasteiger charge is 2.38. The van der Waals surface area contributed by atoms with Gasteiger partial charge in [-0.3, -0.25) is 15.4 Å². The van der Waals surface area contributed by atoms with E-state index in [0.29, 0.717) is 17.6 Å². The molecule has 0 aliphatic carbocycles. The van der Waals surface area contributed by atoms with Gasteiger partial charge in [0.2, 0.25) is 0 Å². The van der Waals surface area contributed by atoms with E-state index in [-0.39, 0.29) is 36.2 Å². The van der Waals surface area contributed by atoms with E-state index < -0.39 is 18.8 Å². The molecule has 11 heteroatoms. The van der Waals surface area contributed by atoms with Crippen LogP contribution >= 0.6 is 0 Å². The summed E-state index contributed by atoms with van der Waals surface area (Å²) >= 11 is 0. The molecule has 0 radical (unpaired) electrons. The lowest BCUT2D eigenvalue weighted by molar-refractivity contribution is -0.123. The SMILES string of the molecule is CCC1CN(C(=O)NCC(F)(F)F)CC1C(=N)n1c(=N)cnc2[nH]ccc21. The van der Waals surface area contributed by atoms with E-state index in [1.807, 2.05) is 12.2 Å². The number of carbonyl (C=O) groups excluding carboxylic acids is 1. The first-order valence-corrected chi connectivity index (χ1v) is 8.49. The number of fused-ring (bicyclic) bond motifs is 1. The summed E-state index contributed by atoms with van der Waals surface area (Å²) in [5, 5.41) is 18.6. The second kappa shape index (κ2) is 7.05. The minimum Gasteiger partial charge on any atom is -0.345 e. The van der Waals surface area contributed by atoms with E-state index in [0.717, 1.165) is 0 Å². The number of aromatic nitrogens is 3. The first-order chi connectivity index (χ1) is 12.7. The predicted molar refractivity (Wildman–Crippen MR) is 91.4 cm³/mol. The number of hydrogen-bond acceptors (Lipinski definition) is 4. The van der Waals surface area contributed by atoms with Crippen molar-refractivity contribution in [1.82, 2.24) is 24.8 Å². The molecule has 3 rings (SSSR count). The summed E-state index contributed by atoms with van der Waals surface area (Å²) in [6, 6.07) is 0.914. The van der Waals surface area contributed by atoms with Gasteiger partial charge < -0.3 is 15.2 Å². The van der Waals surface area contributed by atoms with E-state index in [2.05, 4.69) is 9.97 Å². The topological polar surface area (TPSA) is 114 Å². The van der Waals surface area contributed by atoms with Crippen LogP contribution in [0.5, 0.6) is 0 Å². The molecule has 1 aliphatic heterocycles. The maximum absolute atomic E-state index is 12.3. The summed E-state index contributed by atoms with van der Waals surface area (Å²) in [6.07, 6.45) is -0.829. The number of aromatic amines is 1. The van der Waals surface area contributed by atoms with Gasteiger partial charge in [0.15, 0.2) is 5.65 Å². The van der Waals surface area contributed by atoms with Crippen LogP contribution in [0.2, 0.25) is 0 Å². The molecule has 2 amide bonds. The Morgan fingerprint density at radius 3 is 2.85 bits per heavy atom. The maximum Gasteiger partial charge on any atom is 0.405 e. The molecule has 4 N–H and O–H groups in total. The third-order valence-electron chi connectivity index (χ3n) is 4.79. The minimum atomic E-state index is -4.47. The molecule has 0 spiro atoms. The lowest BCUT2D eigenvalue weighted by Gasteiger charge is -2.20. The van der Waals surface area contributed by atoms with Crippen molar-refractivity contribution in [3.8, 4) is 0 Å². The number of nitrogens with one attached hydrogen (secondary N) is 4. The summed E-state index contributed by atoms with van der Waals surface area (Å²) in [5.74, 6) is -0.339. The van der Waals surface area contributed by atoms with E-state index in [4.69, 9.17) is 10.8 Å². The van der Waals surface area contributed by atoms with E-state index in [1.165, 1.54) is 15.7 Å². The predicted octanol–water partition coefficient (Wildman–Crippen LogP) is 1.90. The Kier molecular flexibility index (Phi) is 4.94. The van der Waals surface area contributed by atoms with Gasteiger partial charge in [-0.25, -0.2) is 9.78 Å². The summed E-state index contributed by atoms with van der Waals surface area (Å²) < 4.78 is 38.4. The molecule has 2 atom stereocenters. The lowest BCUT2D eigenvalue weighted by Crippen LogP contribution is -2.43. The Balaban J connectivity index is 1.82. The lowest BCUT2D eigenvalue weighted by atomic mass is 9.92. The van der Waals surface area contributed by atoms with Gasteiger partial charge in [-0.1, -0.05) is 13.3 Å². The van der Waals surface area contributed by atoms with Crippen LogP contribution in [-0.2, 0) is 0 Å². The van der Waals surface area contributed by atoms with Crippen molar-refractivity contribution in [3.63, 3.8) is 0 Å². The van der Waals surface area contributed by atoms with Crippen molar-refractivity contribution in [3.05, 3.63) is 23.9 Å². The molecule has 0 bridgehead atoms. The van der Waals surface area contributed by atoms with Crippen LogP contribution in [0, 0.1) is 22.7 Å². The fraction of sp³-hybridized carbons (Fsp3) is 0.500. The van der Waals surface area contributed by atoms with Crippen LogP contribution in [-0.4, -0.2) is 57.1 Å². The average molecular weight is 383 g/mol. The standard InChI is InChI=1S/C16H20F3N7O/c1-2-9-6-25(15(27)24-8-16(17,18)19)7-10(9)13(21)26-11-3-4-22-14(11)23-5-12(26)20/h3-5,9-10,20-22H,2,6-8H2,1H3,(H,24,27). The molecule has 1 saturated heterocycles. The third kappa shape index (κ3) is 3.81. The second-order valence-electron chi connectivity index (χ2n) is 6.53. The number of hydrogen-bond donors (Lipinski definition) is 4. The largest absolute Gasteiger partial charge is 0.405 e. The Labute approximate surface area is 152 Å². The molecule has 0 aromatic carbocycles. The normalized spacial score (nSPS) is 20.2. The first-order valence-electron chi connectivity index (χ1n) is 8.49. The number of H-pyrrole nitrogens is 1. The van der Waals surface area contributed by atoms with Gasteiger partial charge >= 0.3 is 12.2 Å². The molecule has 2 unspecified atom stereocenters. The van der Waals surface area contributed by atoms with Crippen LogP contribution in [0.3, 0.4) is 0 Å². The third-order valence-corrected chi connectivity index (χ3v) is 4.79. The van der Waals surface area contributed by atoms with Crippen LogP contribution in [0.1, 0.15) is 13.3 Å². The highest BCUT2D eigenvalue weighted by molar-refractivity contribution is 5.92. The van der Waals surface area contributed by atoms with Gasteiger partial charge in [0.25, 0.3) is 0 Å². The van der Waals surface area contributed by atoms with Crippen molar-refractivity contribution in [2.24, 2.45) is 11.8 Å². The van der Waals surface area contributed by atoms with Crippen LogP contribution in [0.4, 0.5) is 18.0 Å². The molecule has 1 aliphatic rings. The number of halogens is 3. The number of likely N-dealkylation sites (tertiary alicyclic amines) is 1. The van der Waals surface area contributed by atoms with Crippen molar-refractivity contribution in [1.29, 1.82) is 10.8 Å². The Morgan fingerprint density at radius 1 is 1.44 bits per heavy atom. The molecule has 1 fully saturated rings. The second-order valence-corrected chi connectivity index (χ2v) is 6.53. The smallest absolute Gasteiger partial charge is 0.345 e. The highest BCUT2D eigenvalue weighted by Crippen LogP contribution is 2.28. The molecule has 2 aromatic heterocycles. The van der Waals surface area contributed by atoms with E-state index >= 15 is 0 Å². The van der Waals surface area contributed by atoms with Crippen LogP contribution in [0.15, 0.2) is 18.5 Å². The summed E-state index contributed by atoms with van der Waals surface area (Å²) in [5.41, 5.74) is 1.13. The zero-order valence-corrected chi connectivity index (χ0v) is 14.6. The highest BCUT2D eigenvalue weighted by atomic mass is 19.4. The molecule has 0 saturated carbocycles. The number of urea groups is 1. The average Bonchev–Trinajstić information content (AvgIpc) is 3.24. The zero-order valence-electron chi connectivity index (χ0n) is 14.6. The number of rotatable bonds is 3. The fourth-order valence-electron chi connectivity index (χ4n) is 3.42.